The first-order chi connectivity index (χ1) is 8.20. The smallest absolute Gasteiger partial charge is 0.0682 e. The summed E-state index contributed by atoms with van der Waals surface area (Å²) in [5.41, 5.74) is 10.1. The molecule has 0 heterocycles. The molecule has 2 rings (SSSR count). The summed E-state index contributed by atoms with van der Waals surface area (Å²) in [4.78, 5) is 0. The minimum absolute atomic E-state index is 0.0628. The minimum Gasteiger partial charge on any atom is -0.392 e. The fourth-order valence-corrected chi connectivity index (χ4v) is 1.83. The largest absolute Gasteiger partial charge is 0.392 e. The van der Waals surface area contributed by atoms with Gasteiger partial charge in [-0.2, -0.15) is 0 Å². The van der Waals surface area contributed by atoms with Crippen LogP contribution in [0.1, 0.15) is 24.1 Å². The van der Waals surface area contributed by atoms with Crippen LogP contribution in [0.4, 0.5) is 0 Å². The summed E-state index contributed by atoms with van der Waals surface area (Å²) in [6, 6.07) is 16.2. The third-order valence-corrected chi connectivity index (χ3v) is 2.88. The zero-order chi connectivity index (χ0) is 12.3. The van der Waals surface area contributed by atoms with Gasteiger partial charge >= 0.3 is 0 Å². The van der Waals surface area contributed by atoms with Gasteiger partial charge in [0.1, 0.15) is 0 Å². The van der Waals surface area contributed by atoms with Gasteiger partial charge in [-0.1, -0.05) is 42.5 Å². The van der Waals surface area contributed by atoms with Crippen molar-refractivity contribution >= 4 is 0 Å². The maximum atomic E-state index is 9.11. The van der Waals surface area contributed by atoms with Crippen molar-refractivity contribution in [2.75, 3.05) is 0 Å². The zero-order valence-electron chi connectivity index (χ0n) is 9.93. The van der Waals surface area contributed by atoms with Crippen LogP contribution in [0.25, 0.3) is 11.1 Å². The lowest BCUT2D eigenvalue weighted by Gasteiger charge is -2.08. The average molecular weight is 227 g/mol. The van der Waals surface area contributed by atoms with E-state index in [1.54, 1.807) is 0 Å². The van der Waals surface area contributed by atoms with Gasteiger partial charge in [0, 0.05) is 6.04 Å². The normalized spacial score (nSPS) is 12.4. The molecule has 0 aliphatic rings. The van der Waals surface area contributed by atoms with Crippen molar-refractivity contribution < 1.29 is 5.11 Å². The van der Waals surface area contributed by atoms with Crippen LogP contribution in [0.15, 0.2) is 48.5 Å². The molecule has 0 saturated carbocycles. The molecule has 0 aromatic heterocycles. The highest BCUT2D eigenvalue weighted by molar-refractivity contribution is 5.64. The Morgan fingerprint density at radius 2 is 1.76 bits per heavy atom. The van der Waals surface area contributed by atoms with Gasteiger partial charge in [0.2, 0.25) is 0 Å². The second-order valence-electron chi connectivity index (χ2n) is 4.27. The Kier molecular flexibility index (Phi) is 3.57. The highest BCUT2D eigenvalue weighted by atomic mass is 16.3. The zero-order valence-corrected chi connectivity index (χ0v) is 9.93. The first-order valence-electron chi connectivity index (χ1n) is 5.76. The van der Waals surface area contributed by atoms with Crippen LogP contribution in [-0.4, -0.2) is 5.11 Å². The number of aliphatic hydroxyl groups is 1. The topological polar surface area (TPSA) is 46.2 Å². The van der Waals surface area contributed by atoms with Crippen molar-refractivity contribution in [2.45, 2.75) is 19.6 Å². The Morgan fingerprint density at radius 3 is 2.35 bits per heavy atom. The molecule has 0 spiro atoms. The van der Waals surface area contributed by atoms with Gasteiger partial charge in [-0.3, -0.25) is 0 Å². The second kappa shape index (κ2) is 5.13. The van der Waals surface area contributed by atoms with Crippen molar-refractivity contribution in [3.63, 3.8) is 0 Å². The molecule has 2 aromatic carbocycles. The summed E-state index contributed by atoms with van der Waals surface area (Å²) in [6.45, 7) is 2.05. The summed E-state index contributed by atoms with van der Waals surface area (Å²) in [6.07, 6.45) is 0. The van der Waals surface area contributed by atoms with E-state index in [-0.39, 0.29) is 12.6 Å². The van der Waals surface area contributed by atoms with E-state index in [0.717, 1.165) is 22.3 Å². The summed E-state index contributed by atoms with van der Waals surface area (Å²) in [5.74, 6) is 0. The Morgan fingerprint density at radius 1 is 1.06 bits per heavy atom. The van der Waals surface area contributed by atoms with Crippen LogP contribution in [-0.2, 0) is 6.61 Å². The van der Waals surface area contributed by atoms with E-state index in [9.17, 15) is 0 Å². The van der Waals surface area contributed by atoms with Gasteiger partial charge in [-0.05, 0) is 35.2 Å². The lowest BCUT2D eigenvalue weighted by atomic mass is 10.0. The Labute approximate surface area is 102 Å². The minimum atomic E-state index is 0.0628. The molecule has 0 saturated heterocycles. The highest BCUT2D eigenvalue weighted by Crippen LogP contribution is 2.22. The molecule has 0 aliphatic heterocycles. The van der Waals surface area contributed by atoms with Gasteiger partial charge in [0.15, 0.2) is 0 Å². The van der Waals surface area contributed by atoms with Crippen LogP contribution < -0.4 is 5.73 Å². The number of aliphatic hydroxyl groups excluding tert-OH is 1. The molecule has 0 fully saturated rings. The maximum absolute atomic E-state index is 9.11. The Balaban J connectivity index is 2.32. The third-order valence-electron chi connectivity index (χ3n) is 2.88. The molecule has 88 valence electrons. The second-order valence-corrected chi connectivity index (χ2v) is 4.27. The van der Waals surface area contributed by atoms with E-state index in [4.69, 9.17) is 10.8 Å². The molecular weight excluding hydrogens is 210 g/mol. The van der Waals surface area contributed by atoms with Crippen LogP contribution in [0.3, 0.4) is 0 Å². The fraction of sp³-hybridized carbons (Fsp3) is 0.200. The predicted octanol–water partition coefficient (Wildman–Crippen LogP) is 2.87. The van der Waals surface area contributed by atoms with Crippen LogP contribution in [0.5, 0.6) is 0 Å². The van der Waals surface area contributed by atoms with E-state index < -0.39 is 0 Å². The van der Waals surface area contributed by atoms with Crippen LogP contribution in [0, 0.1) is 0 Å². The molecule has 0 bridgehead atoms. The molecule has 2 heteroatoms. The van der Waals surface area contributed by atoms with Crippen LogP contribution >= 0.6 is 0 Å². The first kappa shape index (κ1) is 11.8. The van der Waals surface area contributed by atoms with Gasteiger partial charge in [0.05, 0.1) is 6.61 Å². The standard InChI is InChI=1S/C15H17NO/c1-11(16)13-5-7-14(8-6-13)15-4-2-3-12(9-15)10-17/h2-9,11,17H,10,16H2,1H3/t11-/m0/s1. The van der Waals surface area contributed by atoms with E-state index in [0.29, 0.717) is 0 Å². The summed E-state index contributed by atoms with van der Waals surface area (Å²) < 4.78 is 0. The van der Waals surface area contributed by atoms with E-state index in [1.165, 1.54) is 0 Å². The van der Waals surface area contributed by atoms with Crippen LogP contribution in [0.2, 0.25) is 0 Å². The molecule has 0 unspecified atom stereocenters. The monoisotopic (exact) mass is 227 g/mol. The van der Waals surface area contributed by atoms with Gasteiger partial charge in [0.25, 0.3) is 0 Å². The Bertz CT molecular complexity index is 489. The lowest BCUT2D eigenvalue weighted by Crippen LogP contribution is -2.04. The van der Waals surface area contributed by atoms with Gasteiger partial charge < -0.3 is 10.8 Å². The maximum Gasteiger partial charge on any atom is 0.0682 e. The molecule has 1 atom stereocenters. The average Bonchev–Trinajstić information content (AvgIpc) is 2.39. The first-order valence-corrected chi connectivity index (χ1v) is 5.76. The molecular formula is C15H17NO. The molecule has 3 N–H and O–H groups in total. The molecule has 0 amide bonds. The quantitative estimate of drug-likeness (QED) is 0.847. The number of hydrogen-bond donors (Lipinski definition) is 2. The van der Waals surface area contributed by atoms with Crippen molar-refractivity contribution in [3.8, 4) is 11.1 Å². The SMILES string of the molecule is C[C@H](N)c1ccc(-c2cccc(CO)c2)cc1. The van der Waals surface area contributed by atoms with Crippen molar-refractivity contribution in [3.05, 3.63) is 59.7 Å². The number of rotatable bonds is 3. The fourth-order valence-electron chi connectivity index (χ4n) is 1.83. The van der Waals surface area contributed by atoms with Gasteiger partial charge in [-0.25, -0.2) is 0 Å². The number of benzene rings is 2. The highest BCUT2D eigenvalue weighted by Gasteiger charge is 2.01. The molecule has 0 aliphatic carbocycles. The number of nitrogens with two attached hydrogens (primary N) is 1. The van der Waals surface area contributed by atoms with E-state index >= 15 is 0 Å². The van der Waals surface area contributed by atoms with Crippen molar-refractivity contribution in [1.29, 1.82) is 0 Å². The Hall–Kier alpha value is -1.64. The molecule has 17 heavy (non-hydrogen) atoms. The summed E-state index contributed by atoms with van der Waals surface area (Å²) in [7, 11) is 0. The third kappa shape index (κ3) is 2.73. The number of hydrogen-bond acceptors (Lipinski definition) is 2. The lowest BCUT2D eigenvalue weighted by molar-refractivity contribution is 0.282. The summed E-state index contributed by atoms with van der Waals surface area (Å²) in [5, 5.41) is 9.11. The predicted molar refractivity (Wildman–Crippen MR) is 70.4 cm³/mol. The van der Waals surface area contributed by atoms with E-state index in [2.05, 4.69) is 12.1 Å². The van der Waals surface area contributed by atoms with Gasteiger partial charge in [-0.15, -0.1) is 0 Å². The molecule has 2 aromatic rings. The molecule has 0 radical (unpaired) electrons. The van der Waals surface area contributed by atoms with Crippen molar-refractivity contribution in [1.82, 2.24) is 0 Å². The van der Waals surface area contributed by atoms with E-state index in [1.807, 2.05) is 43.3 Å². The summed E-state index contributed by atoms with van der Waals surface area (Å²) >= 11 is 0. The van der Waals surface area contributed by atoms with Crippen molar-refractivity contribution in [2.24, 2.45) is 5.73 Å². The molecule has 2 nitrogen and oxygen atoms in total.